The Hall–Kier alpha value is -3.02. The van der Waals surface area contributed by atoms with Gasteiger partial charge in [0.1, 0.15) is 11.8 Å². The van der Waals surface area contributed by atoms with E-state index in [2.05, 4.69) is 27.7 Å². The molecule has 0 aliphatic carbocycles. The lowest BCUT2D eigenvalue weighted by molar-refractivity contribution is -0.125. The highest BCUT2D eigenvalue weighted by Crippen LogP contribution is 2.23. The number of amides is 2. The lowest BCUT2D eigenvalue weighted by Gasteiger charge is -2.35. The maximum Gasteiger partial charge on any atom is 0.251 e. The van der Waals surface area contributed by atoms with Gasteiger partial charge in [-0.25, -0.2) is 0 Å². The Bertz CT molecular complexity index is 846. The minimum atomic E-state index is -0.544. The maximum absolute atomic E-state index is 13.0. The van der Waals surface area contributed by atoms with Crippen molar-refractivity contribution in [1.82, 2.24) is 10.6 Å². The average molecular weight is 424 g/mol. The van der Waals surface area contributed by atoms with E-state index in [1.54, 1.807) is 19.2 Å². The minimum absolute atomic E-state index is 0.0482. The first-order valence-corrected chi connectivity index (χ1v) is 11.1. The summed E-state index contributed by atoms with van der Waals surface area (Å²) in [6.07, 6.45) is 2.55. The molecule has 31 heavy (non-hydrogen) atoms. The number of anilines is 1. The third kappa shape index (κ3) is 6.00. The number of benzene rings is 2. The van der Waals surface area contributed by atoms with Crippen molar-refractivity contribution < 1.29 is 14.3 Å². The molecule has 166 valence electrons. The van der Waals surface area contributed by atoms with Gasteiger partial charge in [0.25, 0.3) is 5.91 Å². The molecule has 2 unspecified atom stereocenters. The molecule has 1 saturated heterocycles. The summed E-state index contributed by atoms with van der Waals surface area (Å²) in [6.45, 7) is 5.79. The number of nitrogens with one attached hydrogen (secondary N) is 2. The smallest absolute Gasteiger partial charge is 0.251 e. The monoisotopic (exact) mass is 423 g/mol. The first kappa shape index (κ1) is 22.7. The van der Waals surface area contributed by atoms with E-state index in [9.17, 15) is 9.59 Å². The van der Waals surface area contributed by atoms with Crippen LogP contribution in [0.25, 0.3) is 0 Å². The van der Waals surface area contributed by atoms with E-state index >= 15 is 0 Å². The van der Waals surface area contributed by atoms with Crippen LogP contribution in [0.4, 0.5) is 5.69 Å². The molecule has 1 aliphatic heterocycles. The molecule has 1 fully saturated rings. The summed E-state index contributed by atoms with van der Waals surface area (Å²) < 4.78 is 5.23. The van der Waals surface area contributed by atoms with Crippen molar-refractivity contribution in [2.24, 2.45) is 5.92 Å². The molecule has 2 N–H and O–H groups in total. The predicted octanol–water partition coefficient (Wildman–Crippen LogP) is 3.62. The Kier molecular flexibility index (Phi) is 7.93. The van der Waals surface area contributed by atoms with Gasteiger partial charge in [0.15, 0.2) is 0 Å². The lowest BCUT2D eigenvalue weighted by Crippen LogP contribution is -2.54. The molecule has 0 spiro atoms. The number of carbonyl (C=O) groups is 2. The van der Waals surface area contributed by atoms with Crippen molar-refractivity contribution in [1.29, 1.82) is 0 Å². The quantitative estimate of drug-likeness (QED) is 0.680. The molecule has 1 heterocycles. The molecule has 2 atom stereocenters. The summed E-state index contributed by atoms with van der Waals surface area (Å²) in [5, 5.41) is 6.13. The molecule has 0 aromatic heterocycles. The molecule has 0 saturated carbocycles. The normalized spacial score (nSPS) is 16.3. The van der Waals surface area contributed by atoms with E-state index < -0.39 is 6.04 Å². The van der Waals surface area contributed by atoms with Gasteiger partial charge in [0.2, 0.25) is 5.91 Å². The molecule has 2 amide bonds. The molecule has 2 aromatic rings. The number of hydrogen-bond acceptors (Lipinski definition) is 4. The van der Waals surface area contributed by atoms with Gasteiger partial charge in [0, 0.05) is 30.4 Å². The Balaban J connectivity index is 1.56. The Labute approximate surface area is 185 Å². The van der Waals surface area contributed by atoms with Crippen LogP contribution in [0.15, 0.2) is 54.6 Å². The highest BCUT2D eigenvalue weighted by Gasteiger charge is 2.29. The Morgan fingerprint density at radius 1 is 1.06 bits per heavy atom. The summed E-state index contributed by atoms with van der Waals surface area (Å²) >= 11 is 0. The van der Waals surface area contributed by atoms with Crippen LogP contribution < -0.4 is 20.3 Å². The summed E-state index contributed by atoms with van der Waals surface area (Å²) in [5.41, 5.74) is 1.73. The van der Waals surface area contributed by atoms with Crippen LogP contribution in [-0.4, -0.2) is 44.1 Å². The zero-order valence-corrected chi connectivity index (χ0v) is 18.6. The Morgan fingerprint density at radius 3 is 2.29 bits per heavy atom. The second-order valence-corrected chi connectivity index (χ2v) is 8.17. The second-order valence-electron chi connectivity index (χ2n) is 8.17. The molecular formula is C25H33N3O3. The topological polar surface area (TPSA) is 70.7 Å². The van der Waals surface area contributed by atoms with Crippen LogP contribution in [0.5, 0.6) is 5.75 Å². The molecule has 6 nitrogen and oxygen atoms in total. The van der Waals surface area contributed by atoms with E-state index in [1.165, 1.54) is 0 Å². The van der Waals surface area contributed by atoms with Gasteiger partial charge >= 0.3 is 0 Å². The number of piperidine rings is 1. The standard InChI is InChI=1S/C25H33N3O3/c1-4-18(2)23(27-24(29)19-8-6-5-7-9-19)25(30)26-20-14-16-28(17-15-20)21-10-12-22(31-3)13-11-21/h5-13,18,20,23H,4,14-17H2,1-3H3,(H,26,30)(H,27,29). The van der Waals surface area contributed by atoms with Crippen molar-refractivity contribution >= 4 is 17.5 Å². The zero-order chi connectivity index (χ0) is 22.2. The van der Waals surface area contributed by atoms with Gasteiger partial charge in [-0.2, -0.15) is 0 Å². The fourth-order valence-electron chi connectivity index (χ4n) is 3.88. The SMILES string of the molecule is CCC(C)C(NC(=O)c1ccccc1)C(=O)NC1CCN(c2ccc(OC)cc2)CC1. The summed E-state index contributed by atoms with van der Waals surface area (Å²) in [4.78, 5) is 28.0. The maximum atomic E-state index is 13.0. The predicted molar refractivity (Wildman–Crippen MR) is 124 cm³/mol. The number of ether oxygens (including phenoxy) is 1. The molecule has 1 aliphatic rings. The number of methoxy groups -OCH3 is 1. The van der Waals surface area contributed by atoms with Crippen molar-refractivity contribution in [3.63, 3.8) is 0 Å². The van der Waals surface area contributed by atoms with Gasteiger partial charge in [-0.15, -0.1) is 0 Å². The van der Waals surface area contributed by atoms with E-state index in [0.717, 1.165) is 43.8 Å². The first-order chi connectivity index (χ1) is 15.0. The zero-order valence-electron chi connectivity index (χ0n) is 18.6. The molecule has 3 rings (SSSR count). The van der Waals surface area contributed by atoms with Crippen LogP contribution in [-0.2, 0) is 4.79 Å². The van der Waals surface area contributed by atoms with Crippen LogP contribution in [0.2, 0.25) is 0 Å². The van der Waals surface area contributed by atoms with Crippen molar-refractivity contribution in [3.8, 4) is 5.75 Å². The van der Waals surface area contributed by atoms with Crippen molar-refractivity contribution in [2.45, 2.75) is 45.2 Å². The van der Waals surface area contributed by atoms with Gasteiger partial charge in [0.05, 0.1) is 7.11 Å². The average Bonchev–Trinajstić information content (AvgIpc) is 2.83. The first-order valence-electron chi connectivity index (χ1n) is 11.1. The Morgan fingerprint density at radius 2 is 1.71 bits per heavy atom. The highest BCUT2D eigenvalue weighted by atomic mass is 16.5. The molecule has 0 bridgehead atoms. The molecule has 2 aromatic carbocycles. The molecular weight excluding hydrogens is 390 g/mol. The third-order valence-electron chi connectivity index (χ3n) is 6.10. The van der Waals surface area contributed by atoms with Crippen molar-refractivity contribution in [3.05, 3.63) is 60.2 Å². The summed E-state index contributed by atoms with van der Waals surface area (Å²) in [5.74, 6) is 0.587. The number of carbonyl (C=O) groups excluding carboxylic acids is 2. The van der Waals surface area contributed by atoms with Gasteiger partial charge < -0.3 is 20.3 Å². The molecule has 0 radical (unpaired) electrons. The van der Waals surface area contributed by atoms with E-state index in [1.807, 2.05) is 44.2 Å². The highest BCUT2D eigenvalue weighted by molar-refractivity contribution is 5.97. The number of nitrogens with zero attached hydrogens (tertiary/aromatic N) is 1. The van der Waals surface area contributed by atoms with Crippen LogP contribution >= 0.6 is 0 Å². The third-order valence-corrected chi connectivity index (χ3v) is 6.10. The van der Waals surface area contributed by atoms with Gasteiger partial charge in [-0.3, -0.25) is 9.59 Å². The number of hydrogen-bond donors (Lipinski definition) is 2. The fraction of sp³-hybridized carbons (Fsp3) is 0.440. The lowest BCUT2D eigenvalue weighted by atomic mass is 9.96. The summed E-state index contributed by atoms with van der Waals surface area (Å²) in [6, 6.07) is 16.7. The van der Waals surface area contributed by atoms with Gasteiger partial charge in [-0.05, 0) is 55.2 Å². The van der Waals surface area contributed by atoms with E-state index in [-0.39, 0.29) is 23.8 Å². The minimum Gasteiger partial charge on any atom is -0.497 e. The fourth-order valence-corrected chi connectivity index (χ4v) is 3.88. The van der Waals surface area contributed by atoms with E-state index in [0.29, 0.717) is 5.56 Å². The largest absolute Gasteiger partial charge is 0.497 e. The van der Waals surface area contributed by atoms with Crippen LogP contribution in [0.1, 0.15) is 43.5 Å². The second kappa shape index (κ2) is 10.8. The van der Waals surface area contributed by atoms with Gasteiger partial charge in [-0.1, -0.05) is 38.5 Å². The number of rotatable bonds is 8. The summed E-state index contributed by atoms with van der Waals surface area (Å²) in [7, 11) is 1.66. The molecule has 6 heteroatoms. The van der Waals surface area contributed by atoms with E-state index in [4.69, 9.17) is 4.74 Å². The van der Waals surface area contributed by atoms with Crippen LogP contribution in [0.3, 0.4) is 0 Å². The van der Waals surface area contributed by atoms with Crippen LogP contribution in [0, 0.1) is 5.92 Å². The van der Waals surface area contributed by atoms with Crippen molar-refractivity contribution in [2.75, 3.05) is 25.1 Å².